The van der Waals surface area contributed by atoms with Gasteiger partial charge in [-0.3, -0.25) is 4.79 Å². The van der Waals surface area contributed by atoms with Crippen molar-refractivity contribution in [2.45, 2.75) is 25.8 Å². The molecule has 3 heterocycles. The summed E-state index contributed by atoms with van der Waals surface area (Å²) < 4.78 is 14.9. The molecule has 1 saturated heterocycles. The predicted molar refractivity (Wildman–Crippen MR) is 90.3 cm³/mol. The number of nitrogens with zero attached hydrogens (tertiary/aromatic N) is 3. The number of fused-ring (bicyclic) bond motifs is 1. The zero-order valence-electron chi connectivity index (χ0n) is 13.4. The zero-order valence-corrected chi connectivity index (χ0v) is 13.4. The first-order chi connectivity index (χ1) is 11.6. The van der Waals surface area contributed by atoms with Gasteiger partial charge < -0.3 is 9.30 Å². The lowest BCUT2D eigenvalue weighted by Crippen LogP contribution is -2.33. The molecule has 1 amide bonds. The Bertz CT molecular complexity index is 901. The molecular weight excluding hydrogens is 305 g/mol. The standard InChI is InChI=1S/C19H18FN3O/c1-13-3-2-10-23(13)19(24)15-6-9-18-21-17(12-22(18)11-15)14-4-7-16(20)8-5-14/h4-9,11-13H,2-3,10H2,1H3. The number of likely N-dealkylation sites (tertiary alicyclic amines) is 1. The van der Waals surface area contributed by atoms with Gasteiger partial charge in [0.1, 0.15) is 11.5 Å². The molecule has 1 unspecified atom stereocenters. The van der Waals surface area contributed by atoms with Crippen LogP contribution < -0.4 is 0 Å². The van der Waals surface area contributed by atoms with Gasteiger partial charge in [0, 0.05) is 30.5 Å². The van der Waals surface area contributed by atoms with Gasteiger partial charge >= 0.3 is 0 Å². The summed E-state index contributed by atoms with van der Waals surface area (Å²) in [4.78, 5) is 19.1. The van der Waals surface area contributed by atoms with Crippen LogP contribution in [0, 0.1) is 5.82 Å². The van der Waals surface area contributed by atoms with Gasteiger partial charge in [-0.25, -0.2) is 9.37 Å². The van der Waals surface area contributed by atoms with E-state index in [-0.39, 0.29) is 11.7 Å². The number of aromatic nitrogens is 2. The number of halogens is 1. The van der Waals surface area contributed by atoms with Crippen LogP contribution in [0.3, 0.4) is 0 Å². The highest BCUT2D eigenvalue weighted by atomic mass is 19.1. The number of pyridine rings is 1. The fourth-order valence-electron chi connectivity index (χ4n) is 3.28. The molecule has 2 aromatic heterocycles. The fourth-order valence-corrected chi connectivity index (χ4v) is 3.28. The molecule has 0 spiro atoms. The minimum Gasteiger partial charge on any atom is -0.336 e. The Balaban J connectivity index is 1.68. The van der Waals surface area contributed by atoms with Crippen molar-refractivity contribution >= 4 is 11.6 Å². The largest absolute Gasteiger partial charge is 0.336 e. The molecule has 0 radical (unpaired) electrons. The van der Waals surface area contributed by atoms with Crippen molar-refractivity contribution < 1.29 is 9.18 Å². The van der Waals surface area contributed by atoms with Crippen molar-refractivity contribution in [3.8, 4) is 11.3 Å². The number of carbonyl (C=O) groups is 1. The second kappa shape index (κ2) is 5.74. The number of imidazole rings is 1. The molecule has 5 heteroatoms. The monoisotopic (exact) mass is 323 g/mol. The van der Waals surface area contributed by atoms with E-state index in [1.807, 2.05) is 33.8 Å². The lowest BCUT2D eigenvalue weighted by atomic mass is 10.2. The van der Waals surface area contributed by atoms with Gasteiger partial charge in [0.25, 0.3) is 5.91 Å². The summed E-state index contributed by atoms with van der Waals surface area (Å²) in [6.07, 6.45) is 5.82. The van der Waals surface area contributed by atoms with E-state index in [1.165, 1.54) is 12.1 Å². The Labute approximate surface area is 139 Å². The quantitative estimate of drug-likeness (QED) is 0.720. The van der Waals surface area contributed by atoms with E-state index in [1.54, 1.807) is 12.1 Å². The fraction of sp³-hybridized carbons (Fsp3) is 0.263. The van der Waals surface area contributed by atoms with E-state index in [4.69, 9.17) is 0 Å². The molecule has 24 heavy (non-hydrogen) atoms. The molecule has 1 fully saturated rings. The highest BCUT2D eigenvalue weighted by Gasteiger charge is 2.26. The zero-order chi connectivity index (χ0) is 16.7. The SMILES string of the molecule is CC1CCCN1C(=O)c1ccc2nc(-c3ccc(F)cc3)cn2c1. The summed E-state index contributed by atoms with van der Waals surface area (Å²) in [5.74, 6) is -0.200. The van der Waals surface area contributed by atoms with Crippen molar-refractivity contribution in [1.29, 1.82) is 0 Å². The second-order valence-electron chi connectivity index (χ2n) is 6.31. The average molecular weight is 323 g/mol. The first-order valence-corrected chi connectivity index (χ1v) is 8.17. The molecule has 0 bridgehead atoms. The van der Waals surface area contributed by atoms with Gasteiger partial charge in [-0.2, -0.15) is 0 Å². The molecule has 122 valence electrons. The Morgan fingerprint density at radius 3 is 2.67 bits per heavy atom. The van der Waals surface area contributed by atoms with E-state index < -0.39 is 0 Å². The summed E-state index contributed by atoms with van der Waals surface area (Å²) in [7, 11) is 0. The third kappa shape index (κ3) is 2.56. The number of rotatable bonds is 2. The Morgan fingerprint density at radius 1 is 1.17 bits per heavy atom. The van der Waals surface area contributed by atoms with Crippen LogP contribution in [0.5, 0.6) is 0 Å². The smallest absolute Gasteiger partial charge is 0.255 e. The van der Waals surface area contributed by atoms with Crippen molar-refractivity contribution in [2.24, 2.45) is 0 Å². The average Bonchev–Trinajstić information content (AvgIpc) is 3.20. The number of amides is 1. The maximum absolute atomic E-state index is 13.1. The van der Waals surface area contributed by atoms with Crippen molar-refractivity contribution in [2.75, 3.05) is 6.54 Å². The minimum absolute atomic E-state index is 0.0685. The van der Waals surface area contributed by atoms with Crippen LogP contribution >= 0.6 is 0 Å². The van der Waals surface area contributed by atoms with E-state index in [0.717, 1.165) is 36.3 Å². The van der Waals surface area contributed by atoms with Crippen LogP contribution in [0.25, 0.3) is 16.9 Å². The van der Waals surface area contributed by atoms with Gasteiger partial charge in [0.05, 0.1) is 11.3 Å². The summed E-state index contributed by atoms with van der Waals surface area (Å²) in [6.45, 7) is 2.91. The Morgan fingerprint density at radius 2 is 1.96 bits per heavy atom. The molecular formula is C19H18FN3O. The first-order valence-electron chi connectivity index (χ1n) is 8.17. The van der Waals surface area contributed by atoms with Gasteiger partial charge in [0.15, 0.2) is 0 Å². The molecule has 0 aliphatic carbocycles. The maximum Gasteiger partial charge on any atom is 0.255 e. The molecule has 0 saturated carbocycles. The topological polar surface area (TPSA) is 37.6 Å². The minimum atomic E-state index is -0.268. The van der Waals surface area contributed by atoms with E-state index in [9.17, 15) is 9.18 Å². The highest BCUT2D eigenvalue weighted by Crippen LogP contribution is 2.22. The Hall–Kier alpha value is -2.69. The van der Waals surface area contributed by atoms with Gasteiger partial charge in [-0.1, -0.05) is 0 Å². The third-order valence-electron chi connectivity index (χ3n) is 4.65. The van der Waals surface area contributed by atoms with Crippen LogP contribution in [0.4, 0.5) is 4.39 Å². The predicted octanol–water partition coefficient (Wildman–Crippen LogP) is 3.76. The molecule has 1 aliphatic rings. The lowest BCUT2D eigenvalue weighted by molar-refractivity contribution is 0.0747. The van der Waals surface area contributed by atoms with Crippen LogP contribution in [-0.4, -0.2) is 32.8 Å². The second-order valence-corrected chi connectivity index (χ2v) is 6.31. The summed E-state index contributed by atoms with van der Waals surface area (Å²) in [6, 6.07) is 10.2. The number of benzene rings is 1. The molecule has 1 aliphatic heterocycles. The molecule has 3 aromatic rings. The number of hydrogen-bond donors (Lipinski definition) is 0. The summed E-state index contributed by atoms with van der Waals surface area (Å²) in [5, 5.41) is 0. The van der Waals surface area contributed by atoms with Crippen LogP contribution in [-0.2, 0) is 0 Å². The molecule has 1 aromatic carbocycles. The van der Waals surface area contributed by atoms with Gasteiger partial charge in [0.2, 0.25) is 0 Å². The number of hydrogen-bond acceptors (Lipinski definition) is 2. The first kappa shape index (κ1) is 14.9. The molecule has 4 rings (SSSR count). The molecule has 1 atom stereocenters. The van der Waals surface area contributed by atoms with Gasteiger partial charge in [-0.05, 0) is 56.2 Å². The van der Waals surface area contributed by atoms with Crippen LogP contribution in [0.2, 0.25) is 0 Å². The van der Waals surface area contributed by atoms with Gasteiger partial charge in [-0.15, -0.1) is 0 Å². The van der Waals surface area contributed by atoms with Crippen molar-refractivity contribution in [1.82, 2.24) is 14.3 Å². The number of carbonyl (C=O) groups excluding carboxylic acids is 1. The lowest BCUT2D eigenvalue weighted by Gasteiger charge is -2.21. The van der Waals surface area contributed by atoms with E-state index >= 15 is 0 Å². The maximum atomic E-state index is 13.1. The summed E-state index contributed by atoms with van der Waals surface area (Å²) >= 11 is 0. The normalized spacial score (nSPS) is 17.6. The highest BCUT2D eigenvalue weighted by molar-refractivity contribution is 5.94. The van der Waals surface area contributed by atoms with Crippen LogP contribution in [0.15, 0.2) is 48.8 Å². The van der Waals surface area contributed by atoms with Crippen molar-refractivity contribution in [3.63, 3.8) is 0 Å². The Kier molecular flexibility index (Phi) is 3.56. The third-order valence-corrected chi connectivity index (χ3v) is 4.65. The van der Waals surface area contributed by atoms with E-state index in [0.29, 0.717) is 11.6 Å². The molecule has 4 nitrogen and oxygen atoms in total. The van der Waals surface area contributed by atoms with E-state index in [2.05, 4.69) is 11.9 Å². The van der Waals surface area contributed by atoms with Crippen molar-refractivity contribution in [3.05, 3.63) is 60.2 Å². The summed E-state index contributed by atoms with van der Waals surface area (Å²) in [5.41, 5.74) is 3.04. The van der Waals surface area contributed by atoms with Crippen LogP contribution in [0.1, 0.15) is 30.1 Å². The molecule has 0 N–H and O–H groups in total.